The number of rotatable bonds is 4. The number of para-hydroxylation sites is 1. The van der Waals surface area contributed by atoms with Crippen molar-refractivity contribution in [2.24, 2.45) is 0 Å². The molecule has 0 heterocycles. The summed E-state index contributed by atoms with van der Waals surface area (Å²) in [4.78, 5) is 0. The average molecular weight is 272 g/mol. The number of benzene rings is 2. The summed E-state index contributed by atoms with van der Waals surface area (Å²) in [6.45, 7) is 5.71. The number of nitrogens with two attached hydrogens (primary N) is 2. The van der Waals surface area contributed by atoms with Crippen LogP contribution >= 0.6 is 0 Å². The van der Waals surface area contributed by atoms with Crippen LogP contribution in [0.5, 0.6) is 11.5 Å². The first-order valence-corrected chi connectivity index (χ1v) is 6.52. The van der Waals surface area contributed by atoms with Gasteiger partial charge in [-0.3, -0.25) is 0 Å². The molecular formula is C16H20N2O2. The van der Waals surface area contributed by atoms with Crippen molar-refractivity contribution in [2.45, 2.75) is 27.1 Å². The van der Waals surface area contributed by atoms with Gasteiger partial charge in [0.1, 0.15) is 11.5 Å². The molecule has 1 atom stereocenters. The maximum absolute atomic E-state index is 5.97. The molecule has 20 heavy (non-hydrogen) atoms. The van der Waals surface area contributed by atoms with Crippen molar-refractivity contribution in [1.82, 2.24) is 0 Å². The lowest BCUT2D eigenvalue weighted by atomic mass is 10.2. The SMILES string of the molecule is Cc1cc(OC(C)Oc2cccc(C)c2N)ccc1N. The van der Waals surface area contributed by atoms with E-state index in [1.807, 2.05) is 57.2 Å². The molecule has 1 unspecified atom stereocenters. The van der Waals surface area contributed by atoms with Crippen molar-refractivity contribution in [2.75, 3.05) is 11.5 Å². The summed E-state index contributed by atoms with van der Waals surface area (Å²) >= 11 is 0. The Kier molecular flexibility index (Phi) is 4.03. The Bertz CT molecular complexity index is 611. The number of hydrogen-bond donors (Lipinski definition) is 2. The standard InChI is InChI=1S/C16H20N2O2/c1-10-5-4-6-15(16(10)18)20-12(3)19-13-7-8-14(17)11(2)9-13/h4-9,12H,17-18H2,1-3H3. The first kappa shape index (κ1) is 14.1. The summed E-state index contributed by atoms with van der Waals surface area (Å²) in [6, 6.07) is 11.2. The van der Waals surface area contributed by atoms with Crippen LogP contribution in [0.2, 0.25) is 0 Å². The Morgan fingerprint density at radius 3 is 2.40 bits per heavy atom. The zero-order chi connectivity index (χ0) is 14.7. The van der Waals surface area contributed by atoms with E-state index in [2.05, 4.69) is 0 Å². The smallest absolute Gasteiger partial charge is 0.238 e. The van der Waals surface area contributed by atoms with E-state index in [9.17, 15) is 0 Å². The van der Waals surface area contributed by atoms with E-state index in [1.54, 1.807) is 0 Å². The van der Waals surface area contributed by atoms with Crippen molar-refractivity contribution in [3.63, 3.8) is 0 Å². The fourth-order valence-electron chi connectivity index (χ4n) is 1.87. The zero-order valence-corrected chi connectivity index (χ0v) is 12.0. The van der Waals surface area contributed by atoms with Crippen LogP contribution in [0.3, 0.4) is 0 Å². The van der Waals surface area contributed by atoms with Crippen LogP contribution in [0.4, 0.5) is 11.4 Å². The first-order valence-electron chi connectivity index (χ1n) is 6.52. The molecule has 4 nitrogen and oxygen atoms in total. The van der Waals surface area contributed by atoms with Gasteiger partial charge in [0.2, 0.25) is 6.29 Å². The second-order valence-corrected chi connectivity index (χ2v) is 4.81. The monoisotopic (exact) mass is 272 g/mol. The lowest BCUT2D eigenvalue weighted by molar-refractivity contribution is 0.0229. The normalized spacial score (nSPS) is 11.9. The highest BCUT2D eigenvalue weighted by atomic mass is 16.7. The Morgan fingerprint density at radius 2 is 1.70 bits per heavy atom. The van der Waals surface area contributed by atoms with Gasteiger partial charge in [-0.25, -0.2) is 0 Å². The molecule has 0 aromatic heterocycles. The number of anilines is 2. The molecule has 0 saturated carbocycles. The highest BCUT2D eigenvalue weighted by molar-refractivity contribution is 5.57. The maximum Gasteiger partial charge on any atom is 0.238 e. The van der Waals surface area contributed by atoms with Gasteiger partial charge in [0.05, 0.1) is 5.69 Å². The lowest BCUT2D eigenvalue weighted by Gasteiger charge is -2.18. The summed E-state index contributed by atoms with van der Waals surface area (Å²) in [5.74, 6) is 1.35. The predicted octanol–water partition coefficient (Wildman–Crippen LogP) is 3.27. The van der Waals surface area contributed by atoms with E-state index in [0.717, 1.165) is 22.6 Å². The van der Waals surface area contributed by atoms with E-state index in [4.69, 9.17) is 20.9 Å². The number of aryl methyl sites for hydroxylation is 2. The number of hydrogen-bond acceptors (Lipinski definition) is 4. The Labute approximate surface area is 119 Å². The van der Waals surface area contributed by atoms with Crippen molar-refractivity contribution >= 4 is 11.4 Å². The van der Waals surface area contributed by atoms with Crippen LogP contribution < -0.4 is 20.9 Å². The molecular weight excluding hydrogens is 252 g/mol. The van der Waals surface area contributed by atoms with Gasteiger partial charge in [-0.2, -0.15) is 0 Å². The quantitative estimate of drug-likeness (QED) is 0.662. The van der Waals surface area contributed by atoms with Crippen LogP contribution in [-0.4, -0.2) is 6.29 Å². The molecule has 4 heteroatoms. The maximum atomic E-state index is 5.97. The van der Waals surface area contributed by atoms with Crippen LogP contribution in [0, 0.1) is 13.8 Å². The summed E-state index contributed by atoms with van der Waals surface area (Å²) in [7, 11) is 0. The Hall–Kier alpha value is -2.36. The summed E-state index contributed by atoms with van der Waals surface area (Å²) in [6.07, 6.45) is -0.442. The van der Waals surface area contributed by atoms with Crippen molar-refractivity contribution in [1.29, 1.82) is 0 Å². The van der Waals surface area contributed by atoms with E-state index in [0.29, 0.717) is 11.4 Å². The molecule has 4 N–H and O–H groups in total. The average Bonchev–Trinajstić information content (AvgIpc) is 2.39. The molecule has 0 amide bonds. The minimum Gasteiger partial charge on any atom is -0.455 e. The van der Waals surface area contributed by atoms with Crippen LogP contribution in [0.25, 0.3) is 0 Å². The van der Waals surface area contributed by atoms with Gasteiger partial charge in [0, 0.05) is 12.6 Å². The van der Waals surface area contributed by atoms with Crippen LogP contribution in [0.1, 0.15) is 18.1 Å². The third kappa shape index (κ3) is 3.15. The summed E-state index contributed by atoms with van der Waals surface area (Å²) in [5, 5.41) is 0. The van der Waals surface area contributed by atoms with Crippen LogP contribution in [0.15, 0.2) is 36.4 Å². The highest BCUT2D eigenvalue weighted by Gasteiger charge is 2.10. The molecule has 2 aromatic rings. The zero-order valence-electron chi connectivity index (χ0n) is 12.0. The third-order valence-electron chi connectivity index (χ3n) is 3.12. The van der Waals surface area contributed by atoms with E-state index in [1.165, 1.54) is 0 Å². The van der Waals surface area contributed by atoms with Gasteiger partial charge in [0.25, 0.3) is 0 Å². The molecule has 2 rings (SSSR count). The van der Waals surface area contributed by atoms with Gasteiger partial charge in [-0.1, -0.05) is 12.1 Å². The largest absolute Gasteiger partial charge is 0.455 e. The molecule has 2 aromatic carbocycles. The molecule has 0 fully saturated rings. The number of ether oxygens (including phenoxy) is 2. The minimum absolute atomic E-state index is 0.442. The van der Waals surface area contributed by atoms with Crippen molar-refractivity contribution < 1.29 is 9.47 Å². The summed E-state index contributed by atoms with van der Waals surface area (Å²) in [5.41, 5.74) is 15.1. The Morgan fingerprint density at radius 1 is 0.950 bits per heavy atom. The van der Waals surface area contributed by atoms with E-state index >= 15 is 0 Å². The molecule has 0 radical (unpaired) electrons. The van der Waals surface area contributed by atoms with Crippen molar-refractivity contribution in [3.05, 3.63) is 47.5 Å². The fourth-order valence-corrected chi connectivity index (χ4v) is 1.87. The highest BCUT2D eigenvalue weighted by Crippen LogP contribution is 2.26. The van der Waals surface area contributed by atoms with Crippen molar-refractivity contribution in [3.8, 4) is 11.5 Å². The molecule has 0 saturated heterocycles. The molecule has 106 valence electrons. The molecule has 0 aliphatic heterocycles. The third-order valence-corrected chi connectivity index (χ3v) is 3.12. The van der Waals surface area contributed by atoms with Gasteiger partial charge < -0.3 is 20.9 Å². The fraction of sp³-hybridized carbons (Fsp3) is 0.250. The predicted molar refractivity (Wildman–Crippen MR) is 81.9 cm³/mol. The molecule has 0 aliphatic carbocycles. The topological polar surface area (TPSA) is 70.5 Å². The number of nitrogen functional groups attached to an aromatic ring is 2. The second-order valence-electron chi connectivity index (χ2n) is 4.81. The Balaban J connectivity index is 2.07. The molecule has 0 aliphatic rings. The van der Waals surface area contributed by atoms with E-state index in [-0.39, 0.29) is 0 Å². The van der Waals surface area contributed by atoms with Gasteiger partial charge >= 0.3 is 0 Å². The molecule has 0 bridgehead atoms. The van der Waals surface area contributed by atoms with Crippen LogP contribution in [-0.2, 0) is 0 Å². The minimum atomic E-state index is -0.442. The molecule has 0 spiro atoms. The van der Waals surface area contributed by atoms with Gasteiger partial charge in [-0.15, -0.1) is 0 Å². The second kappa shape index (κ2) is 5.74. The van der Waals surface area contributed by atoms with Gasteiger partial charge in [-0.05, 0) is 49.2 Å². The van der Waals surface area contributed by atoms with Gasteiger partial charge in [0.15, 0.2) is 0 Å². The summed E-state index contributed by atoms with van der Waals surface area (Å²) < 4.78 is 11.4. The lowest BCUT2D eigenvalue weighted by Crippen LogP contribution is -2.20. The van der Waals surface area contributed by atoms with E-state index < -0.39 is 6.29 Å². The first-order chi connectivity index (χ1) is 9.47.